The molecule has 0 saturated carbocycles. The predicted octanol–water partition coefficient (Wildman–Crippen LogP) is 3.12. The van der Waals surface area contributed by atoms with Crippen LogP contribution in [0.4, 0.5) is 4.39 Å². The first-order valence-electron chi connectivity index (χ1n) is 4.10. The molecule has 1 heterocycles. The molecule has 1 aromatic carbocycles. The first kappa shape index (κ1) is 9.75. The fourth-order valence-corrected chi connectivity index (χ4v) is 1.39. The maximum atomic E-state index is 12.7. The number of nitrogens with zero attached hydrogens (tertiary/aromatic N) is 1. The van der Waals surface area contributed by atoms with Crippen LogP contribution in [0.25, 0.3) is 11.3 Å². The summed E-state index contributed by atoms with van der Waals surface area (Å²) in [7, 11) is 0. The van der Waals surface area contributed by atoms with Crippen LogP contribution in [-0.2, 0) is 0 Å². The quantitative estimate of drug-likeness (QED) is 0.692. The Morgan fingerprint density at radius 3 is 2.53 bits per heavy atom. The van der Waals surface area contributed by atoms with E-state index in [2.05, 4.69) is 11.1 Å². The maximum Gasteiger partial charge on any atom is 0.228 e. The summed E-state index contributed by atoms with van der Waals surface area (Å²) >= 11 is 5.91. The van der Waals surface area contributed by atoms with Crippen molar-refractivity contribution in [3.05, 3.63) is 40.9 Å². The molecule has 1 aromatic heterocycles. The molecule has 0 atom stereocenters. The minimum absolute atomic E-state index is 0.177. The zero-order valence-electron chi connectivity index (χ0n) is 7.50. The van der Waals surface area contributed by atoms with Crippen molar-refractivity contribution < 1.29 is 8.91 Å². The average Bonchev–Trinajstić information content (AvgIpc) is 2.61. The van der Waals surface area contributed by atoms with Crippen LogP contribution >= 0.6 is 11.6 Å². The molecule has 0 N–H and O–H groups in total. The smallest absolute Gasteiger partial charge is 0.228 e. The molecule has 0 spiro atoms. The predicted molar refractivity (Wildman–Crippen MR) is 54.8 cm³/mol. The van der Waals surface area contributed by atoms with Crippen LogP contribution in [0.5, 0.6) is 0 Å². The van der Waals surface area contributed by atoms with Crippen molar-refractivity contribution in [3.8, 4) is 23.6 Å². The fourth-order valence-electron chi connectivity index (χ4n) is 1.16. The summed E-state index contributed by atoms with van der Waals surface area (Å²) in [6.07, 6.45) is 5.14. The standard InChI is InChI=1S/C11H5ClFNO/c1-2-9-10(12)11(14-15-9)7-3-5-8(13)6-4-7/h1,3-6H. The van der Waals surface area contributed by atoms with Crippen LogP contribution in [0, 0.1) is 18.2 Å². The molecule has 0 aliphatic heterocycles. The van der Waals surface area contributed by atoms with E-state index in [0.29, 0.717) is 11.3 Å². The molecule has 0 fully saturated rings. The van der Waals surface area contributed by atoms with Crippen molar-refractivity contribution in [1.82, 2.24) is 5.16 Å². The largest absolute Gasteiger partial charge is 0.345 e. The molecule has 4 heteroatoms. The Bertz CT molecular complexity index is 525. The summed E-state index contributed by atoms with van der Waals surface area (Å²) in [5.41, 5.74) is 1.08. The molecule has 0 aliphatic rings. The zero-order chi connectivity index (χ0) is 10.8. The van der Waals surface area contributed by atoms with Crippen LogP contribution < -0.4 is 0 Å². The van der Waals surface area contributed by atoms with Crippen molar-refractivity contribution in [2.75, 3.05) is 0 Å². The molecule has 15 heavy (non-hydrogen) atoms. The highest BCUT2D eigenvalue weighted by atomic mass is 35.5. The molecule has 74 valence electrons. The third kappa shape index (κ3) is 1.72. The number of aromatic nitrogens is 1. The topological polar surface area (TPSA) is 26.0 Å². The average molecular weight is 222 g/mol. The molecule has 2 rings (SSSR count). The second kappa shape index (κ2) is 3.76. The normalized spacial score (nSPS) is 9.93. The molecular weight excluding hydrogens is 217 g/mol. The van der Waals surface area contributed by atoms with Gasteiger partial charge in [0.1, 0.15) is 16.5 Å². The second-order valence-electron chi connectivity index (χ2n) is 2.83. The SMILES string of the molecule is C#Cc1onc(-c2ccc(F)cc2)c1Cl. The van der Waals surface area contributed by atoms with Gasteiger partial charge in [-0.2, -0.15) is 0 Å². The van der Waals surface area contributed by atoms with Crippen molar-refractivity contribution >= 4 is 11.6 Å². The summed E-state index contributed by atoms with van der Waals surface area (Å²) in [5, 5.41) is 3.98. The lowest BCUT2D eigenvalue weighted by molar-refractivity contribution is 0.413. The van der Waals surface area contributed by atoms with Gasteiger partial charge in [0, 0.05) is 5.56 Å². The van der Waals surface area contributed by atoms with E-state index < -0.39 is 0 Å². The number of terminal acetylenes is 1. The van der Waals surface area contributed by atoms with Crippen molar-refractivity contribution in [3.63, 3.8) is 0 Å². The third-order valence-corrected chi connectivity index (χ3v) is 2.23. The van der Waals surface area contributed by atoms with Gasteiger partial charge in [0.15, 0.2) is 0 Å². The first-order chi connectivity index (χ1) is 7.22. The van der Waals surface area contributed by atoms with Crippen LogP contribution in [0.1, 0.15) is 5.76 Å². The van der Waals surface area contributed by atoms with E-state index >= 15 is 0 Å². The molecule has 2 aromatic rings. The highest BCUT2D eigenvalue weighted by Crippen LogP contribution is 2.29. The van der Waals surface area contributed by atoms with Gasteiger partial charge in [0.25, 0.3) is 0 Å². The lowest BCUT2D eigenvalue weighted by Crippen LogP contribution is -1.79. The van der Waals surface area contributed by atoms with Gasteiger partial charge in [-0.15, -0.1) is 6.42 Å². The number of hydrogen-bond donors (Lipinski definition) is 0. The number of halogens is 2. The van der Waals surface area contributed by atoms with E-state index in [9.17, 15) is 4.39 Å². The Balaban J connectivity index is 2.51. The molecule has 0 amide bonds. The van der Waals surface area contributed by atoms with Gasteiger partial charge in [-0.1, -0.05) is 16.8 Å². The summed E-state index contributed by atoms with van der Waals surface area (Å²) in [5.74, 6) is 2.11. The molecule has 2 nitrogen and oxygen atoms in total. The van der Waals surface area contributed by atoms with Gasteiger partial charge in [0.2, 0.25) is 5.76 Å². The van der Waals surface area contributed by atoms with Crippen LogP contribution in [-0.4, -0.2) is 5.16 Å². The van der Waals surface area contributed by atoms with E-state index in [0.717, 1.165) is 0 Å². The summed E-state index contributed by atoms with van der Waals surface area (Å²) in [6.45, 7) is 0. The van der Waals surface area contributed by atoms with Gasteiger partial charge >= 0.3 is 0 Å². The van der Waals surface area contributed by atoms with Crippen molar-refractivity contribution in [2.45, 2.75) is 0 Å². The summed E-state index contributed by atoms with van der Waals surface area (Å²) in [6, 6.07) is 5.74. The Hall–Kier alpha value is -1.79. The van der Waals surface area contributed by atoms with Crippen molar-refractivity contribution in [1.29, 1.82) is 0 Å². The minimum Gasteiger partial charge on any atom is -0.345 e. The second-order valence-corrected chi connectivity index (χ2v) is 3.20. The molecular formula is C11H5ClFNO. The number of rotatable bonds is 1. The molecule has 0 bridgehead atoms. The number of hydrogen-bond acceptors (Lipinski definition) is 2. The lowest BCUT2D eigenvalue weighted by atomic mass is 10.1. The summed E-state index contributed by atoms with van der Waals surface area (Å²) in [4.78, 5) is 0. The van der Waals surface area contributed by atoms with E-state index in [-0.39, 0.29) is 16.6 Å². The van der Waals surface area contributed by atoms with E-state index in [4.69, 9.17) is 22.5 Å². The van der Waals surface area contributed by atoms with E-state index in [1.165, 1.54) is 12.1 Å². The summed E-state index contributed by atoms with van der Waals surface area (Å²) < 4.78 is 17.5. The van der Waals surface area contributed by atoms with Crippen molar-refractivity contribution in [2.24, 2.45) is 0 Å². The van der Waals surface area contributed by atoms with Gasteiger partial charge < -0.3 is 4.52 Å². The monoisotopic (exact) mass is 221 g/mol. The van der Waals surface area contributed by atoms with E-state index in [1.54, 1.807) is 12.1 Å². The van der Waals surface area contributed by atoms with Crippen LogP contribution in [0.3, 0.4) is 0 Å². The first-order valence-corrected chi connectivity index (χ1v) is 4.48. The van der Waals surface area contributed by atoms with Gasteiger partial charge in [0.05, 0.1) is 0 Å². The number of benzene rings is 1. The zero-order valence-corrected chi connectivity index (χ0v) is 8.25. The highest BCUT2D eigenvalue weighted by molar-refractivity contribution is 6.33. The van der Waals surface area contributed by atoms with Crippen LogP contribution in [0.15, 0.2) is 28.8 Å². The molecule has 0 saturated heterocycles. The van der Waals surface area contributed by atoms with Gasteiger partial charge in [-0.25, -0.2) is 4.39 Å². The Morgan fingerprint density at radius 1 is 1.33 bits per heavy atom. The molecule has 0 radical (unpaired) electrons. The van der Waals surface area contributed by atoms with Gasteiger partial charge in [-0.05, 0) is 30.2 Å². The lowest BCUT2D eigenvalue weighted by Gasteiger charge is -1.95. The Labute approximate surface area is 90.7 Å². The van der Waals surface area contributed by atoms with Gasteiger partial charge in [-0.3, -0.25) is 0 Å². The van der Waals surface area contributed by atoms with Crippen LogP contribution in [0.2, 0.25) is 5.02 Å². The molecule has 0 aliphatic carbocycles. The Morgan fingerprint density at radius 2 is 2.00 bits per heavy atom. The highest BCUT2D eigenvalue weighted by Gasteiger charge is 2.13. The third-order valence-electron chi connectivity index (χ3n) is 1.88. The fraction of sp³-hybridized carbons (Fsp3) is 0. The maximum absolute atomic E-state index is 12.7. The Kier molecular flexibility index (Phi) is 2.44. The van der Waals surface area contributed by atoms with E-state index in [1.807, 2.05) is 0 Å². The minimum atomic E-state index is -0.324. The molecule has 0 unspecified atom stereocenters.